The van der Waals surface area contributed by atoms with E-state index in [4.69, 9.17) is 16.7 Å². The molecule has 0 saturated carbocycles. The lowest BCUT2D eigenvalue weighted by molar-refractivity contribution is 0.253. The molecule has 0 aliphatic carbocycles. The lowest BCUT2D eigenvalue weighted by Gasteiger charge is -2.04. The Bertz CT molecular complexity index is 499. The molecule has 0 amide bonds. The summed E-state index contributed by atoms with van der Waals surface area (Å²) >= 11 is 5.86. The average Bonchev–Trinajstić information content (AvgIpc) is 2.71. The van der Waals surface area contributed by atoms with E-state index in [1.165, 1.54) is 4.68 Å². The average molecular weight is 240 g/mol. The summed E-state index contributed by atoms with van der Waals surface area (Å²) in [6.07, 6.45) is 0. The second-order valence-electron chi connectivity index (χ2n) is 3.19. The first-order valence-electron chi connectivity index (χ1n) is 4.67. The van der Waals surface area contributed by atoms with Crippen molar-refractivity contribution in [3.63, 3.8) is 0 Å². The monoisotopic (exact) mass is 239 g/mol. The number of halogens is 1. The second-order valence-corrected chi connectivity index (χ2v) is 3.63. The van der Waals surface area contributed by atoms with Crippen LogP contribution in [0.15, 0.2) is 24.3 Å². The molecule has 0 fully saturated rings. The molecule has 6 heteroatoms. The Hall–Kier alpha value is -1.43. The van der Waals surface area contributed by atoms with Gasteiger partial charge in [0.05, 0.1) is 24.6 Å². The van der Waals surface area contributed by atoms with Crippen molar-refractivity contribution in [3.8, 4) is 5.69 Å². The zero-order valence-corrected chi connectivity index (χ0v) is 9.09. The molecule has 0 aliphatic heterocycles. The van der Waals surface area contributed by atoms with Crippen molar-refractivity contribution in [3.05, 3.63) is 40.7 Å². The Morgan fingerprint density at radius 3 is 2.69 bits per heavy atom. The van der Waals surface area contributed by atoms with E-state index >= 15 is 0 Å². The van der Waals surface area contributed by atoms with Gasteiger partial charge < -0.3 is 10.2 Å². The van der Waals surface area contributed by atoms with E-state index < -0.39 is 0 Å². The molecule has 0 unspecified atom stereocenters. The SMILES string of the molecule is OCc1nnn(-c2cccc(Cl)c2)c1CO. The molecule has 1 aromatic heterocycles. The molecule has 0 radical (unpaired) electrons. The van der Waals surface area contributed by atoms with E-state index in [0.717, 1.165) is 0 Å². The number of aliphatic hydroxyl groups is 2. The van der Waals surface area contributed by atoms with Gasteiger partial charge in [-0.05, 0) is 18.2 Å². The molecule has 0 aliphatic rings. The van der Waals surface area contributed by atoms with Crippen LogP contribution < -0.4 is 0 Å². The molecule has 0 atom stereocenters. The number of benzene rings is 1. The van der Waals surface area contributed by atoms with Crippen LogP contribution in [-0.4, -0.2) is 25.2 Å². The minimum Gasteiger partial charge on any atom is -0.390 e. The Kier molecular flexibility index (Phi) is 3.19. The van der Waals surface area contributed by atoms with Crippen molar-refractivity contribution in [1.82, 2.24) is 15.0 Å². The van der Waals surface area contributed by atoms with Crippen molar-refractivity contribution < 1.29 is 10.2 Å². The van der Waals surface area contributed by atoms with E-state index in [-0.39, 0.29) is 13.2 Å². The van der Waals surface area contributed by atoms with Gasteiger partial charge in [0.2, 0.25) is 0 Å². The van der Waals surface area contributed by atoms with E-state index in [9.17, 15) is 5.11 Å². The van der Waals surface area contributed by atoms with Crippen LogP contribution in [0.25, 0.3) is 5.69 Å². The summed E-state index contributed by atoms with van der Waals surface area (Å²) in [5.74, 6) is 0. The van der Waals surface area contributed by atoms with Gasteiger partial charge in [0.25, 0.3) is 0 Å². The van der Waals surface area contributed by atoms with Crippen LogP contribution in [0.4, 0.5) is 0 Å². The van der Waals surface area contributed by atoms with Gasteiger partial charge in [-0.15, -0.1) is 5.10 Å². The Balaban J connectivity index is 2.51. The minimum absolute atomic E-state index is 0.241. The van der Waals surface area contributed by atoms with Crippen molar-refractivity contribution in [2.75, 3.05) is 0 Å². The standard InChI is InChI=1S/C10H10ClN3O2/c11-7-2-1-3-8(4-7)14-10(6-16)9(5-15)12-13-14/h1-4,15-16H,5-6H2. The summed E-state index contributed by atoms with van der Waals surface area (Å²) in [5, 5.41) is 26.4. The van der Waals surface area contributed by atoms with Crippen LogP contribution in [0, 0.1) is 0 Å². The molecular formula is C10H10ClN3O2. The van der Waals surface area contributed by atoms with Gasteiger partial charge in [0.15, 0.2) is 0 Å². The zero-order valence-electron chi connectivity index (χ0n) is 8.34. The van der Waals surface area contributed by atoms with Crippen molar-refractivity contribution in [2.45, 2.75) is 13.2 Å². The van der Waals surface area contributed by atoms with Gasteiger partial charge in [0.1, 0.15) is 5.69 Å². The quantitative estimate of drug-likeness (QED) is 0.835. The van der Waals surface area contributed by atoms with E-state index in [1.807, 2.05) is 0 Å². The van der Waals surface area contributed by atoms with Gasteiger partial charge in [-0.1, -0.05) is 22.9 Å². The molecule has 2 aromatic rings. The van der Waals surface area contributed by atoms with Crippen LogP contribution >= 0.6 is 11.6 Å². The fraction of sp³-hybridized carbons (Fsp3) is 0.200. The summed E-state index contributed by atoms with van der Waals surface area (Å²) in [6, 6.07) is 7.02. The van der Waals surface area contributed by atoms with Crippen LogP contribution in [-0.2, 0) is 13.2 Å². The van der Waals surface area contributed by atoms with Gasteiger partial charge in [-0.3, -0.25) is 0 Å². The van der Waals surface area contributed by atoms with Crippen LogP contribution in [0.3, 0.4) is 0 Å². The lowest BCUT2D eigenvalue weighted by atomic mass is 10.3. The third kappa shape index (κ3) is 1.92. The van der Waals surface area contributed by atoms with Gasteiger partial charge in [-0.25, -0.2) is 4.68 Å². The van der Waals surface area contributed by atoms with E-state index in [0.29, 0.717) is 22.1 Å². The summed E-state index contributed by atoms with van der Waals surface area (Å²) < 4.78 is 1.46. The minimum atomic E-state index is -0.254. The molecule has 5 nitrogen and oxygen atoms in total. The fourth-order valence-corrected chi connectivity index (χ4v) is 1.61. The molecule has 2 rings (SSSR count). The van der Waals surface area contributed by atoms with Gasteiger partial charge in [0, 0.05) is 5.02 Å². The van der Waals surface area contributed by atoms with Crippen LogP contribution in [0.2, 0.25) is 5.02 Å². The molecule has 84 valence electrons. The summed E-state index contributed by atoms with van der Waals surface area (Å²) in [6.45, 7) is -0.494. The fourth-order valence-electron chi connectivity index (χ4n) is 1.43. The third-order valence-electron chi connectivity index (χ3n) is 2.20. The maximum absolute atomic E-state index is 9.20. The first kappa shape index (κ1) is 11.1. The molecular weight excluding hydrogens is 230 g/mol. The first-order chi connectivity index (χ1) is 7.76. The normalized spacial score (nSPS) is 10.7. The van der Waals surface area contributed by atoms with E-state index in [1.54, 1.807) is 24.3 Å². The molecule has 16 heavy (non-hydrogen) atoms. The van der Waals surface area contributed by atoms with Crippen LogP contribution in [0.5, 0.6) is 0 Å². The van der Waals surface area contributed by atoms with Crippen LogP contribution in [0.1, 0.15) is 11.4 Å². The highest BCUT2D eigenvalue weighted by molar-refractivity contribution is 6.30. The Morgan fingerprint density at radius 1 is 1.25 bits per heavy atom. The first-order valence-corrected chi connectivity index (χ1v) is 5.05. The third-order valence-corrected chi connectivity index (χ3v) is 2.43. The zero-order chi connectivity index (χ0) is 11.5. The summed E-state index contributed by atoms with van der Waals surface area (Å²) in [7, 11) is 0. The lowest BCUT2D eigenvalue weighted by Crippen LogP contribution is -2.03. The summed E-state index contributed by atoms with van der Waals surface area (Å²) in [4.78, 5) is 0. The van der Waals surface area contributed by atoms with Crippen molar-refractivity contribution in [2.24, 2.45) is 0 Å². The van der Waals surface area contributed by atoms with E-state index in [2.05, 4.69) is 10.3 Å². The van der Waals surface area contributed by atoms with Crippen molar-refractivity contribution in [1.29, 1.82) is 0 Å². The molecule has 1 aromatic carbocycles. The number of nitrogens with zero attached hydrogens (tertiary/aromatic N) is 3. The number of hydrogen-bond acceptors (Lipinski definition) is 4. The predicted octanol–water partition coefficient (Wildman–Crippen LogP) is 0.905. The Morgan fingerprint density at radius 2 is 2.06 bits per heavy atom. The molecule has 0 saturated heterocycles. The highest BCUT2D eigenvalue weighted by atomic mass is 35.5. The van der Waals surface area contributed by atoms with Crippen molar-refractivity contribution >= 4 is 11.6 Å². The number of aromatic nitrogens is 3. The molecule has 0 bridgehead atoms. The smallest absolute Gasteiger partial charge is 0.114 e. The maximum Gasteiger partial charge on any atom is 0.114 e. The largest absolute Gasteiger partial charge is 0.390 e. The van der Waals surface area contributed by atoms with Gasteiger partial charge >= 0.3 is 0 Å². The topological polar surface area (TPSA) is 71.2 Å². The molecule has 0 spiro atoms. The maximum atomic E-state index is 9.20. The number of rotatable bonds is 3. The molecule has 2 N–H and O–H groups in total. The second kappa shape index (κ2) is 4.61. The molecule has 1 heterocycles. The highest BCUT2D eigenvalue weighted by Crippen LogP contribution is 2.17. The van der Waals surface area contributed by atoms with Gasteiger partial charge in [-0.2, -0.15) is 0 Å². The number of aliphatic hydroxyl groups excluding tert-OH is 2. The summed E-state index contributed by atoms with van der Waals surface area (Å²) in [5.41, 5.74) is 1.52. The number of hydrogen-bond donors (Lipinski definition) is 2. The highest BCUT2D eigenvalue weighted by Gasteiger charge is 2.12. The predicted molar refractivity (Wildman–Crippen MR) is 58.2 cm³/mol. The Labute approximate surface area is 96.9 Å².